The second-order valence-corrected chi connectivity index (χ2v) is 7.84. The number of carbonyl (C=O) groups excluding carboxylic acids is 2. The van der Waals surface area contributed by atoms with E-state index in [1.807, 2.05) is 74.5 Å². The lowest BCUT2D eigenvalue weighted by Gasteiger charge is -2.17. The molecule has 1 aromatic heterocycles. The topological polar surface area (TPSA) is 91.3 Å². The molecule has 0 bridgehead atoms. The van der Waals surface area contributed by atoms with Crippen LogP contribution in [0.3, 0.4) is 0 Å². The van der Waals surface area contributed by atoms with E-state index in [4.69, 9.17) is 0 Å². The van der Waals surface area contributed by atoms with Gasteiger partial charge in [0.1, 0.15) is 6.10 Å². The third-order valence-corrected chi connectivity index (χ3v) is 5.42. The molecule has 32 heavy (non-hydrogen) atoms. The lowest BCUT2D eigenvalue weighted by atomic mass is 10.0. The highest BCUT2D eigenvalue weighted by Crippen LogP contribution is 2.21. The van der Waals surface area contributed by atoms with E-state index in [-0.39, 0.29) is 18.4 Å². The van der Waals surface area contributed by atoms with Crippen molar-refractivity contribution < 1.29 is 14.7 Å². The van der Waals surface area contributed by atoms with Crippen molar-refractivity contribution in [2.75, 3.05) is 6.54 Å². The number of nitrogens with zero attached hydrogens (tertiary/aromatic N) is 1. The second-order valence-electron chi connectivity index (χ2n) is 7.84. The number of hydrogen-bond donors (Lipinski definition) is 3. The molecule has 0 aliphatic rings. The molecule has 6 heteroatoms. The Morgan fingerprint density at radius 3 is 2.44 bits per heavy atom. The summed E-state index contributed by atoms with van der Waals surface area (Å²) in [7, 11) is 0. The van der Waals surface area contributed by atoms with Gasteiger partial charge in [-0.25, -0.2) is 0 Å². The summed E-state index contributed by atoms with van der Waals surface area (Å²) in [6.45, 7) is 4.29. The highest BCUT2D eigenvalue weighted by Gasteiger charge is 2.20. The zero-order chi connectivity index (χ0) is 22.9. The van der Waals surface area contributed by atoms with E-state index in [2.05, 4.69) is 15.6 Å². The lowest BCUT2D eigenvalue weighted by Crippen LogP contribution is -2.39. The van der Waals surface area contributed by atoms with Gasteiger partial charge in [0.2, 0.25) is 11.8 Å². The standard InChI is InChI=1S/C26H29N3O3/c1-18-6-3-4-7-20(18)13-15-28-26(32)24(30)16-25(31)29-19(2)21-9-11-22(12-10-21)23-8-5-14-27-17-23/h3-12,14,17,19,24,30H,13,15-16H2,1-2H3,(H,28,32)(H,29,31). The van der Waals surface area contributed by atoms with Crippen LogP contribution < -0.4 is 10.6 Å². The predicted octanol–water partition coefficient (Wildman–Crippen LogP) is 3.34. The molecule has 0 saturated carbocycles. The molecule has 0 aliphatic heterocycles. The minimum atomic E-state index is -1.38. The van der Waals surface area contributed by atoms with Crippen molar-refractivity contribution >= 4 is 11.8 Å². The summed E-state index contributed by atoms with van der Waals surface area (Å²) in [6, 6.07) is 19.4. The monoisotopic (exact) mass is 431 g/mol. The summed E-state index contributed by atoms with van der Waals surface area (Å²) in [5.74, 6) is -0.919. The number of amides is 2. The van der Waals surface area contributed by atoms with E-state index in [0.29, 0.717) is 13.0 Å². The third-order valence-electron chi connectivity index (χ3n) is 5.42. The van der Waals surface area contributed by atoms with Gasteiger partial charge in [0.05, 0.1) is 12.5 Å². The van der Waals surface area contributed by atoms with Gasteiger partial charge in [0.15, 0.2) is 0 Å². The predicted molar refractivity (Wildman–Crippen MR) is 125 cm³/mol. The Morgan fingerprint density at radius 1 is 1.00 bits per heavy atom. The fourth-order valence-electron chi connectivity index (χ4n) is 3.48. The van der Waals surface area contributed by atoms with E-state index in [0.717, 1.165) is 27.8 Å². The number of aryl methyl sites for hydroxylation is 1. The third kappa shape index (κ3) is 6.49. The smallest absolute Gasteiger partial charge is 0.249 e. The summed E-state index contributed by atoms with van der Waals surface area (Å²) >= 11 is 0. The van der Waals surface area contributed by atoms with Crippen LogP contribution in [0.25, 0.3) is 11.1 Å². The normalized spacial score (nSPS) is 12.6. The molecule has 0 spiro atoms. The quantitative estimate of drug-likeness (QED) is 0.485. The number of aliphatic hydroxyl groups excluding tert-OH is 1. The van der Waals surface area contributed by atoms with Gasteiger partial charge in [-0.1, -0.05) is 54.6 Å². The van der Waals surface area contributed by atoms with E-state index < -0.39 is 12.0 Å². The van der Waals surface area contributed by atoms with E-state index in [1.54, 1.807) is 12.4 Å². The number of rotatable bonds is 9. The van der Waals surface area contributed by atoms with Crippen LogP contribution in [0, 0.1) is 6.92 Å². The minimum absolute atomic E-state index is 0.248. The molecule has 0 radical (unpaired) electrons. The number of benzene rings is 2. The SMILES string of the molecule is Cc1ccccc1CCNC(=O)C(O)CC(=O)NC(C)c1ccc(-c2cccnc2)cc1. The fourth-order valence-corrected chi connectivity index (χ4v) is 3.48. The van der Waals surface area contributed by atoms with Crippen molar-refractivity contribution in [1.82, 2.24) is 15.6 Å². The first-order valence-electron chi connectivity index (χ1n) is 10.7. The molecule has 1 heterocycles. The molecule has 3 rings (SSSR count). The number of pyridine rings is 1. The lowest BCUT2D eigenvalue weighted by molar-refractivity contribution is -0.134. The molecule has 0 saturated heterocycles. The van der Waals surface area contributed by atoms with Crippen molar-refractivity contribution in [2.24, 2.45) is 0 Å². The van der Waals surface area contributed by atoms with Gasteiger partial charge >= 0.3 is 0 Å². The Labute approximate surface area is 188 Å². The average molecular weight is 432 g/mol. The molecule has 6 nitrogen and oxygen atoms in total. The number of nitrogens with one attached hydrogen (secondary N) is 2. The summed E-state index contributed by atoms with van der Waals surface area (Å²) in [5.41, 5.74) is 5.29. The van der Waals surface area contributed by atoms with Crippen molar-refractivity contribution in [3.05, 3.63) is 89.7 Å². The first-order chi connectivity index (χ1) is 15.4. The second kappa shape index (κ2) is 11.2. The van der Waals surface area contributed by atoms with Crippen LogP contribution in [0.4, 0.5) is 0 Å². The van der Waals surface area contributed by atoms with Crippen LogP contribution >= 0.6 is 0 Å². The molecule has 2 unspecified atom stereocenters. The Bertz CT molecular complexity index is 1040. The summed E-state index contributed by atoms with van der Waals surface area (Å²) < 4.78 is 0. The molecular weight excluding hydrogens is 402 g/mol. The van der Waals surface area contributed by atoms with E-state index in [1.165, 1.54) is 0 Å². The number of aliphatic hydroxyl groups is 1. The first kappa shape index (κ1) is 23.2. The molecule has 0 fully saturated rings. The molecule has 2 aromatic carbocycles. The number of carbonyl (C=O) groups is 2. The van der Waals surface area contributed by atoms with Gasteiger partial charge < -0.3 is 15.7 Å². The largest absolute Gasteiger partial charge is 0.383 e. The number of hydrogen-bond acceptors (Lipinski definition) is 4. The van der Waals surface area contributed by atoms with Crippen LogP contribution in [0.15, 0.2) is 73.1 Å². The highest BCUT2D eigenvalue weighted by molar-refractivity contribution is 5.87. The Balaban J connectivity index is 1.44. The van der Waals surface area contributed by atoms with Crippen LogP contribution in [0.1, 0.15) is 36.1 Å². The first-order valence-corrected chi connectivity index (χ1v) is 10.7. The van der Waals surface area contributed by atoms with E-state index >= 15 is 0 Å². The molecular formula is C26H29N3O3. The number of aromatic nitrogens is 1. The summed E-state index contributed by atoms with van der Waals surface area (Å²) in [4.78, 5) is 28.6. The molecule has 0 aliphatic carbocycles. The van der Waals surface area contributed by atoms with Gasteiger partial charge in [0, 0.05) is 18.9 Å². The molecule has 2 amide bonds. The zero-order valence-electron chi connectivity index (χ0n) is 18.4. The Kier molecular flexibility index (Phi) is 8.11. The molecule has 166 valence electrons. The maximum atomic E-state index is 12.3. The van der Waals surface area contributed by atoms with Gasteiger partial charge in [-0.2, -0.15) is 0 Å². The molecule has 3 N–H and O–H groups in total. The maximum Gasteiger partial charge on any atom is 0.249 e. The van der Waals surface area contributed by atoms with Gasteiger partial charge in [0.25, 0.3) is 0 Å². The van der Waals surface area contributed by atoms with E-state index in [9.17, 15) is 14.7 Å². The summed E-state index contributed by atoms with van der Waals surface area (Å²) in [6.07, 6.45) is 2.53. The van der Waals surface area contributed by atoms with Gasteiger partial charge in [-0.15, -0.1) is 0 Å². The molecule has 2 atom stereocenters. The van der Waals surface area contributed by atoms with Crippen molar-refractivity contribution in [2.45, 2.75) is 38.8 Å². The Hall–Kier alpha value is -3.51. The van der Waals surface area contributed by atoms with Gasteiger partial charge in [-0.05, 0) is 54.2 Å². The van der Waals surface area contributed by atoms with Gasteiger partial charge in [-0.3, -0.25) is 14.6 Å². The summed E-state index contributed by atoms with van der Waals surface area (Å²) in [5, 5.41) is 15.6. The van der Waals surface area contributed by atoms with Crippen molar-refractivity contribution in [1.29, 1.82) is 0 Å². The molecule has 3 aromatic rings. The maximum absolute atomic E-state index is 12.3. The van der Waals surface area contributed by atoms with Crippen LogP contribution in [0.5, 0.6) is 0 Å². The highest BCUT2D eigenvalue weighted by atomic mass is 16.3. The van der Waals surface area contributed by atoms with Crippen molar-refractivity contribution in [3.8, 4) is 11.1 Å². The van der Waals surface area contributed by atoms with Crippen LogP contribution in [0.2, 0.25) is 0 Å². The minimum Gasteiger partial charge on any atom is -0.383 e. The van der Waals surface area contributed by atoms with Crippen LogP contribution in [-0.2, 0) is 16.0 Å². The average Bonchev–Trinajstić information content (AvgIpc) is 2.80. The van der Waals surface area contributed by atoms with Crippen molar-refractivity contribution in [3.63, 3.8) is 0 Å². The zero-order valence-corrected chi connectivity index (χ0v) is 18.4. The fraction of sp³-hybridized carbons (Fsp3) is 0.269. The van der Waals surface area contributed by atoms with Crippen LogP contribution in [-0.4, -0.2) is 34.6 Å². The Morgan fingerprint density at radius 2 is 1.75 bits per heavy atom.